The van der Waals surface area contributed by atoms with E-state index in [4.69, 9.17) is 17.0 Å². The van der Waals surface area contributed by atoms with Gasteiger partial charge in [-0.05, 0) is 33.0 Å². The summed E-state index contributed by atoms with van der Waals surface area (Å²) in [5.74, 6) is 0. The highest BCUT2D eigenvalue weighted by Crippen LogP contribution is 2.08. The molecule has 0 amide bonds. The van der Waals surface area contributed by atoms with E-state index in [2.05, 4.69) is 11.9 Å². The van der Waals surface area contributed by atoms with Crippen molar-refractivity contribution in [3.05, 3.63) is 16.7 Å². The Morgan fingerprint density at radius 3 is 2.85 bits per heavy atom. The molecule has 0 saturated heterocycles. The molecular formula is C9H16N2OS. The molecule has 1 rings (SSSR count). The maximum Gasteiger partial charge on any atom is 0.177 e. The van der Waals surface area contributed by atoms with E-state index in [0.717, 1.165) is 17.1 Å². The smallest absolute Gasteiger partial charge is 0.177 e. The highest BCUT2D eigenvalue weighted by Gasteiger charge is 2.05. The van der Waals surface area contributed by atoms with Crippen LogP contribution in [-0.4, -0.2) is 22.8 Å². The number of ether oxygens (including phenoxy) is 1. The first-order chi connectivity index (χ1) is 6.15. The standard InChI is InChI=1S/C9H16N2OS/c1-4-12-6-8(3)11-5-7(2)10-9(11)13/h5,8H,4,6H2,1-3H3,(H,10,13). The molecule has 13 heavy (non-hydrogen) atoms. The minimum atomic E-state index is 0.303. The molecule has 1 heterocycles. The Bertz CT molecular complexity index is 316. The van der Waals surface area contributed by atoms with E-state index >= 15 is 0 Å². The van der Waals surface area contributed by atoms with E-state index in [1.165, 1.54) is 0 Å². The van der Waals surface area contributed by atoms with Gasteiger partial charge in [0, 0.05) is 18.5 Å². The lowest BCUT2D eigenvalue weighted by Crippen LogP contribution is -2.11. The maximum atomic E-state index is 5.33. The van der Waals surface area contributed by atoms with Crippen molar-refractivity contribution in [2.24, 2.45) is 0 Å². The summed E-state index contributed by atoms with van der Waals surface area (Å²) in [6.45, 7) is 7.55. The summed E-state index contributed by atoms with van der Waals surface area (Å²) in [7, 11) is 0. The zero-order chi connectivity index (χ0) is 9.84. The van der Waals surface area contributed by atoms with Crippen LogP contribution in [0.5, 0.6) is 0 Å². The SMILES string of the molecule is CCOCC(C)n1cc(C)[nH]c1=S. The normalized spacial score (nSPS) is 13.2. The molecule has 3 nitrogen and oxygen atoms in total. The van der Waals surface area contributed by atoms with E-state index in [1.807, 2.05) is 24.6 Å². The fourth-order valence-electron chi connectivity index (χ4n) is 1.23. The van der Waals surface area contributed by atoms with Gasteiger partial charge in [0.1, 0.15) is 0 Å². The molecular weight excluding hydrogens is 184 g/mol. The second kappa shape index (κ2) is 4.58. The van der Waals surface area contributed by atoms with Crippen LogP contribution in [0.25, 0.3) is 0 Å². The molecule has 0 fully saturated rings. The quantitative estimate of drug-likeness (QED) is 0.757. The van der Waals surface area contributed by atoms with Crippen molar-refractivity contribution < 1.29 is 4.74 Å². The summed E-state index contributed by atoms with van der Waals surface area (Å²) < 4.78 is 8.13. The van der Waals surface area contributed by atoms with E-state index in [0.29, 0.717) is 12.6 Å². The van der Waals surface area contributed by atoms with Gasteiger partial charge in [0.2, 0.25) is 0 Å². The highest BCUT2D eigenvalue weighted by molar-refractivity contribution is 7.71. The highest BCUT2D eigenvalue weighted by atomic mass is 32.1. The van der Waals surface area contributed by atoms with Crippen LogP contribution in [0.3, 0.4) is 0 Å². The van der Waals surface area contributed by atoms with Gasteiger partial charge in [0.15, 0.2) is 4.77 Å². The zero-order valence-electron chi connectivity index (χ0n) is 8.33. The minimum absolute atomic E-state index is 0.303. The summed E-state index contributed by atoms with van der Waals surface area (Å²) >= 11 is 5.15. The third kappa shape index (κ3) is 2.67. The molecule has 74 valence electrons. The summed E-state index contributed by atoms with van der Waals surface area (Å²) in [5, 5.41) is 0. The lowest BCUT2D eigenvalue weighted by atomic mass is 10.3. The van der Waals surface area contributed by atoms with E-state index < -0.39 is 0 Å². The van der Waals surface area contributed by atoms with Gasteiger partial charge in [-0.3, -0.25) is 0 Å². The van der Waals surface area contributed by atoms with Crippen molar-refractivity contribution >= 4 is 12.2 Å². The minimum Gasteiger partial charge on any atom is -0.380 e. The lowest BCUT2D eigenvalue weighted by Gasteiger charge is -2.12. The molecule has 0 aliphatic heterocycles. The number of aromatic amines is 1. The van der Waals surface area contributed by atoms with Crippen LogP contribution in [0, 0.1) is 11.7 Å². The van der Waals surface area contributed by atoms with Crippen molar-refractivity contribution in [2.45, 2.75) is 26.8 Å². The first-order valence-corrected chi connectivity index (χ1v) is 4.91. The molecule has 1 N–H and O–H groups in total. The lowest BCUT2D eigenvalue weighted by molar-refractivity contribution is 0.118. The average molecular weight is 200 g/mol. The van der Waals surface area contributed by atoms with Gasteiger partial charge in [0.25, 0.3) is 0 Å². The van der Waals surface area contributed by atoms with Gasteiger partial charge >= 0.3 is 0 Å². The largest absolute Gasteiger partial charge is 0.380 e. The molecule has 1 aromatic rings. The van der Waals surface area contributed by atoms with Gasteiger partial charge in [-0.15, -0.1) is 0 Å². The monoisotopic (exact) mass is 200 g/mol. The van der Waals surface area contributed by atoms with Gasteiger partial charge in [0.05, 0.1) is 12.6 Å². The maximum absolute atomic E-state index is 5.33. The fraction of sp³-hybridized carbons (Fsp3) is 0.667. The number of aryl methyl sites for hydroxylation is 1. The van der Waals surface area contributed by atoms with E-state index in [1.54, 1.807) is 0 Å². The summed E-state index contributed by atoms with van der Waals surface area (Å²) in [6.07, 6.45) is 2.02. The van der Waals surface area contributed by atoms with Crippen LogP contribution in [-0.2, 0) is 4.74 Å². The van der Waals surface area contributed by atoms with Gasteiger partial charge in [-0.1, -0.05) is 0 Å². The topological polar surface area (TPSA) is 29.9 Å². The Morgan fingerprint density at radius 2 is 2.38 bits per heavy atom. The Balaban J connectivity index is 2.70. The predicted octanol–water partition coefficient (Wildman–Crippen LogP) is 2.45. The van der Waals surface area contributed by atoms with Crippen LogP contribution in [0.15, 0.2) is 6.20 Å². The van der Waals surface area contributed by atoms with Crippen LogP contribution < -0.4 is 0 Å². The molecule has 0 aromatic carbocycles. The van der Waals surface area contributed by atoms with Crippen LogP contribution in [0.2, 0.25) is 0 Å². The number of imidazole rings is 1. The van der Waals surface area contributed by atoms with Crippen LogP contribution >= 0.6 is 12.2 Å². The number of rotatable bonds is 4. The van der Waals surface area contributed by atoms with Crippen LogP contribution in [0.1, 0.15) is 25.6 Å². The molecule has 0 bridgehead atoms. The molecule has 0 radical (unpaired) electrons. The molecule has 1 unspecified atom stereocenters. The molecule has 0 aliphatic rings. The Kier molecular flexibility index (Phi) is 3.69. The third-order valence-corrected chi connectivity index (χ3v) is 2.22. The zero-order valence-corrected chi connectivity index (χ0v) is 9.15. The van der Waals surface area contributed by atoms with E-state index in [-0.39, 0.29) is 0 Å². The van der Waals surface area contributed by atoms with Gasteiger partial charge in [-0.2, -0.15) is 0 Å². The number of nitrogens with zero attached hydrogens (tertiary/aromatic N) is 1. The number of aromatic nitrogens is 2. The average Bonchev–Trinajstić information content (AvgIpc) is 2.41. The number of hydrogen-bond acceptors (Lipinski definition) is 2. The summed E-state index contributed by atoms with van der Waals surface area (Å²) in [5.41, 5.74) is 1.09. The van der Waals surface area contributed by atoms with Crippen molar-refractivity contribution in [1.29, 1.82) is 0 Å². The van der Waals surface area contributed by atoms with Gasteiger partial charge < -0.3 is 14.3 Å². The second-order valence-corrected chi connectivity index (χ2v) is 3.54. The predicted molar refractivity (Wildman–Crippen MR) is 55.6 cm³/mol. The molecule has 0 spiro atoms. The van der Waals surface area contributed by atoms with Crippen LogP contribution in [0.4, 0.5) is 0 Å². The number of hydrogen-bond donors (Lipinski definition) is 1. The molecule has 4 heteroatoms. The van der Waals surface area contributed by atoms with Gasteiger partial charge in [-0.25, -0.2) is 0 Å². The van der Waals surface area contributed by atoms with Crippen molar-refractivity contribution in [1.82, 2.24) is 9.55 Å². The molecule has 0 saturated carbocycles. The molecule has 1 aromatic heterocycles. The first kappa shape index (κ1) is 10.5. The first-order valence-electron chi connectivity index (χ1n) is 4.50. The summed E-state index contributed by atoms with van der Waals surface area (Å²) in [6, 6.07) is 0.303. The van der Waals surface area contributed by atoms with Crippen molar-refractivity contribution in [3.8, 4) is 0 Å². The Hall–Kier alpha value is -0.610. The summed E-state index contributed by atoms with van der Waals surface area (Å²) in [4.78, 5) is 3.09. The van der Waals surface area contributed by atoms with Crippen molar-refractivity contribution in [3.63, 3.8) is 0 Å². The number of H-pyrrole nitrogens is 1. The van der Waals surface area contributed by atoms with E-state index in [9.17, 15) is 0 Å². The second-order valence-electron chi connectivity index (χ2n) is 3.16. The van der Waals surface area contributed by atoms with Crippen molar-refractivity contribution in [2.75, 3.05) is 13.2 Å². The molecule has 1 atom stereocenters. The third-order valence-electron chi connectivity index (χ3n) is 1.91. The number of nitrogens with one attached hydrogen (secondary N) is 1. The Labute approximate surface area is 83.7 Å². The molecule has 0 aliphatic carbocycles. The Morgan fingerprint density at radius 1 is 1.69 bits per heavy atom. The fourth-order valence-corrected chi connectivity index (χ4v) is 1.62.